The lowest BCUT2D eigenvalue weighted by molar-refractivity contribution is 0.311. The van der Waals surface area contributed by atoms with Crippen LogP contribution in [0.2, 0.25) is 0 Å². The molecule has 0 saturated carbocycles. The van der Waals surface area contributed by atoms with Crippen molar-refractivity contribution in [1.82, 2.24) is 9.55 Å². The summed E-state index contributed by atoms with van der Waals surface area (Å²) in [5.74, 6) is 0.993. The highest BCUT2D eigenvalue weighted by Crippen LogP contribution is 2.25. The number of aryl methyl sites for hydroxylation is 1. The first-order chi connectivity index (χ1) is 10.3. The molecule has 0 aliphatic carbocycles. The number of fused-ring (bicyclic) bond motifs is 1. The van der Waals surface area contributed by atoms with Gasteiger partial charge in [0.05, 0.1) is 17.6 Å². The van der Waals surface area contributed by atoms with Crippen molar-refractivity contribution in [1.29, 1.82) is 0 Å². The van der Waals surface area contributed by atoms with Gasteiger partial charge in [-0.1, -0.05) is 12.1 Å². The molecule has 0 spiro atoms. The normalized spacial score (nSPS) is 11.0. The molecule has 0 radical (unpaired) electrons. The van der Waals surface area contributed by atoms with Crippen molar-refractivity contribution in [2.24, 2.45) is 0 Å². The molecular formula is C17H19N3O. The average molecular weight is 281 g/mol. The number of aliphatic hydroxyl groups excluding tert-OH is 1. The first-order valence-electron chi connectivity index (χ1n) is 7.24. The maximum Gasteiger partial charge on any atom is 0.141 e. The van der Waals surface area contributed by atoms with E-state index in [9.17, 15) is 0 Å². The molecule has 4 nitrogen and oxygen atoms in total. The van der Waals surface area contributed by atoms with Gasteiger partial charge in [0.2, 0.25) is 0 Å². The number of para-hydroxylation sites is 2. The second-order valence-electron chi connectivity index (χ2n) is 4.90. The smallest absolute Gasteiger partial charge is 0.141 e. The Morgan fingerprint density at radius 1 is 1.10 bits per heavy atom. The van der Waals surface area contributed by atoms with E-state index in [1.54, 1.807) is 0 Å². The van der Waals surface area contributed by atoms with Crippen molar-refractivity contribution < 1.29 is 5.11 Å². The predicted molar refractivity (Wildman–Crippen MR) is 86.4 cm³/mol. The zero-order chi connectivity index (χ0) is 14.7. The SMILES string of the molecule is CCn1c(-c2ccc(NCCO)cc2)nc2ccccc21. The molecule has 108 valence electrons. The van der Waals surface area contributed by atoms with Gasteiger partial charge in [-0.15, -0.1) is 0 Å². The molecule has 0 aliphatic rings. The molecule has 3 rings (SSSR count). The van der Waals surface area contributed by atoms with Crippen LogP contribution < -0.4 is 5.32 Å². The number of rotatable bonds is 5. The Bertz CT molecular complexity index is 731. The highest BCUT2D eigenvalue weighted by molar-refractivity contribution is 5.80. The average Bonchev–Trinajstić information content (AvgIpc) is 2.92. The lowest BCUT2D eigenvalue weighted by Gasteiger charge is -2.08. The number of hydrogen-bond acceptors (Lipinski definition) is 3. The van der Waals surface area contributed by atoms with Crippen LogP contribution in [0.1, 0.15) is 6.92 Å². The second-order valence-corrected chi connectivity index (χ2v) is 4.90. The lowest BCUT2D eigenvalue weighted by atomic mass is 10.2. The molecular weight excluding hydrogens is 262 g/mol. The van der Waals surface area contributed by atoms with Gasteiger partial charge in [0.1, 0.15) is 5.82 Å². The summed E-state index contributed by atoms with van der Waals surface area (Å²) in [7, 11) is 0. The standard InChI is InChI=1S/C17H19N3O/c1-2-20-16-6-4-3-5-15(16)19-17(20)13-7-9-14(10-8-13)18-11-12-21/h3-10,18,21H,2,11-12H2,1H3. The molecule has 1 heterocycles. The van der Waals surface area contributed by atoms with Gasteiger partial charge in [0.25, 0.3) is 0 Å². The van der Waals surface area contributed by atoms with E-state index in [1.165, 1.54) is 0 Å². The lowest BCUT2D eigenvalue weighted by Crippen LogP contribution is -2.05. The van der Waals surface area contributed by atoms with Crippen molar-refractivity contribution in [2.45, 2.75) is 13.5 Å². The van der Waals surface area contributed by atoms with Gasteiger partial charge in [0.15, 0.2) is 0 Å². The summed E-state index contributed by atoms with van der Waals surface area (Å²) in [5, 5.41) is 12.0. The van der Waals surface area contributed by atoms with E-state index < -0.39 is 0 Å². The van der Waals surface area contributed by atoms with E-state index in [0.717, 1.165) is 34.7 Å². The minimum absolute atomic E-state index is 0.132. The van der Waals surface area contributed by atoms with Crippen LogP contribution in [-0.4, -0.2) is 27.8 Å². The van der Waals surface area contributed by atoms with Gasteiger partial charge in [0, 0.05) is 24.3 Å². The fraction of sp³-hybridized carbons (Fsp3) is 0.235. The Labute approximate surface area is 124 Å². The first-order valence-corrected chi connectivity index (χ1v) is 7.24. The minimum atomic E-state index is 0.132. The Morgan fingerprint density at radius 2 is 1.86 bits per heavy atom. The molecule has 2 N–H and O–H groups in total. The van der Waals surface area contributed by atoms with Crippen molar-refractivity contribution in [3.05, 3.63) is 48.5 Å². The number of nitrogens with one attached hydrogen (secondary N) is 1. The minimum Gasteiger partial charge on any atom is -0.395 e. The summed E-state index contributed by atoms with van der Waals surface area (Å²) in [6.07, 6.45) is 0. The summed E-state index contributed by atoms with van der Waals surface area (Å²) in [4.78, 5) is 4.75. The molecule has 0 bridgehead atoms. The Morgan fingerprint density at radius 3 is 2.57 bits per heavy atom. The van der Waals surface area contributed by atoms with Gasteiger partial charge in [-0.3, -0.25) is 0 Å². The highest BCUT2D eigenvalue weighted by atomic mass is 16.3. The van der Waals surface area contributed by atoms with Crippen LogP contribution in [0, 0.1) is 0 Å². The zero-order valence-electron chi connectivity index (χ0n) is 12.1. The van der Waals surface area contributed by atoms with Crippen molar-refractivity contribution in [3.63, 3.8) is 0 Å². The quantitative estimate of drug-likeness (QED) is 0.755. The molecule has 1 aromatic heterocycles. The summed E-state index contributed by atoms with van der Waals surface area (Å²) < 4.78 is 2.23. The van der Waals surface area contributed by atoms with E-state index in [0.29, 0.717) is 6.54 Å². The summed E-state index contributed by atoms with van der Waals surface area (Å²) in [6, 6.07) is 16.4. The number of anilines is 1. The van der Waals surface area contributed by atoms with Crippen LogP contribution in [-0.2, 0) is 6.54 Å². The largest absolute Gasteiger partial charge is 0.395 e. The van der Waals surface area contributed by atoms with Crippen LogP contribution >= 0.6 is 0 Å². The third-order valence-corrected chi connectivity index (χ3v) is 3.55. The molecule has 3 aromatic rings. The Balaban J connectivity index is 1.99. The first kappa shape index (κ1) is 13.6. The van der Waals surface area contributed by atoms with Crippen molar-refractivity contribution in [3.8, 4) is 11.4 Å². The van der Waals surface area contributed by atoms with E-state index in [2.05, 4.69) is 35.0 Å². The molecule has 0 fully saturated rings. The van der Waals surface area contributed by atoms with Gasteiger partial charge in [-0.2, -0.15) is 0 Å². The fourth-order valence-electron chi connectivity index (χ4n) is 2.55. The van der Waals surface area contributed by atoms with Gasteiger partial charge < -0.3 is 15.0 Å². The molecule has 0 unspecified atom stereocenters. The predicted octanol–water partition coefficient (Wildman–Crippen LogP) is 3.13. The van der Waals surface area contributed by atoms with Crippen LogP contribution in [0.25, 0.3) is 22.4 Å². The van der Waals surface area contributed by atoms with Gasteiger partial charge in [-0.05, 0) is 43.3 Å². The zero-order valence-corrected chi connectivity index (χ0v) is 12.1. The topological polar surface area (TPSA) is 50.1 Å². The number of imidazole rings is 1. The van der Waals surface area contributed by atoms with Crippen LogP contribution in [0.3, 0.4) is 0 Å². The van der Waals surface area contributed by atoms with E-state index in [-0.39, 0.29) is 6.61 Å². The number of aliphatic hydroxyl groups is 1. The second kappa shape index (κ2) is 5.97. The number of aromatic nitrogens is 2. The molecule has 0 aliphatic heterocycles. The van der Waals surface area contributed by atoms with Crippen molar-refractivity contribution in [2.75, 3.05) is 18.5 Å². The Hall–Kier alpha value is -2.33. The molecule has 4 heteroatoms. The number of hydrogen-bond donors (Lipinski definition) is 2. The summed E-state index contributed by atoms with van der Waals surface area (Å²) >= 11 is 0. The highest BCUT2D eigenvalue weighted by Gasteiger charge is 2.10. The maximum absolute atomic E-state index is 8.83. The molecule has 2 aromatic carbocycles. The Kier molecular flexibility index (Phi) is 3.88. The van der Waals surface area contributed by atoms with E-state index in [1.807, 2.05) is 30.3 Å². The third-order valence-electron chi connectivity index (χ3n) is 3.55. The van der Waals surface area contributed by atoms with Crippen LogP contribution in [0.5, 0.6) is 0 Å². The van der Waals surface area contributed by atoms with E-state index >= 15 is 0 Å². The van der Waals surface area contributed by atoms with Crippen molar-refractivity contribution >= 4 is 16.7 Å². The summed E-state index contributed by atoms with van der Waals surface area (Å²) in [6.45, 7) is 3.72. The molecule has 0 atom stereocenters. The fourth-order valence-corrected chi connectivity index (χ4v) is 2.55. The third kappa shape index (κ3) is 2.62. The van der Waals surface area contributed by atoms with Crippen LogP contribution in [0.4, 0.5) is 5.69 Å². The summed E-state index contributed by atoms with van der Waals surface area (Å²) in [5.41, 5.74) is 4.30. The molecule has 21 heavy (non-hydrogen) atoms. The number of nitrogens with zero attached hydrogens (tertiary/aromatic N) is 2. The van der Waals surface area contributed by atoms with Crippen LogP contribution in [0.15, 0.2) is 48.5 Å². The van der Waals surface area contributed by atoms with Gasteiger partial charge >= 0.3 is 0 Å². The van der Waals surface area contributed by atoms with E-state index in [4.69, 9.17) is 10.1 Å². The monoisotopic (exact) mass is 281 g/mol. The maximum atomic E-state index is 8.83. The molecule has 0 amide bonds. The number of benzene rings is 2. The van der Waals surface area contributed by atoms with Gasteiger partial charge in [-0.25, -0.2) is 4.98 Å². The molecule has 0 saturated heterocycles.